The van der Waals surface area contributed by atoms with E-state index in [0.29, 0.717) is 12.5 Å². The predicted molar refractivity (Wildman–Crippen MR) is 56.4 cm³/mol. The number of ether oxygens (including phenoxy) is 1. The molecule has 0 unspecified atom stereocenters. The molecule has 0 spiro atoms. The zero-order chi connectivity index (χ0) is 11.4. The van der Waals surface area contributed by atoms with Gasteiger partial charge in [-0.3, -0.25) is 0 Å². The van der Waals surface area contributed by atoms with Gasteiger partial charge in [-0.25, -0.2) is 9.78 Å². The molecular weight excluding hydrogens is 209 g/mol. The molecule has 0 saturated heterocycles. The molecule has 0 aromatic carbocycles. The van der Waals surface area contributed by atoms with Crippen molar-refractivity contribution in [2.45, 2.75) is 25.7 Å². The van der Waals surface area contributed by atoms with Crippen LogP contribution in [0.2, 0.25) is 0 Å². The van der Waals surface area contributed by atoms with Crippen LogP contribution in [-0.2, 0) is 4.74 Å². The standard InChI is InChI=1S/C12H14FNO2/c13-11-10(5-2-7-14-11)12(15)16-8-6-9-3-1-4-9/h2,5,7,9H,1,3-4,6,8H2. The van der Waals surface area contributed by atoms with Crippen LogP contribution in [0.4, 0.5) is 4.39 Å². The Morgan fingerprint density at radius 1 is 1.56 bits per heavy atom. The molecule has 16 heavy (non-hydrogen) atoms. The van der Waals surface area contributed by atoms with Crippen LogP contribution in [0.1, 0.15) is 36.0 Å². The first-order chi connectivity index (χ1) is 7.77. The van der Waals surface area contributed by atoms with Gasteiger partial charge in [0.1, 0.15) is 5.56 Å². The van der Waals surface area contributed by atoms with Gasteiger partial charge in [0.15, 0.2) is 0 Å². The Morgan fingerprint density at radius 2 is 2.38 bits per heavy atom. The number of carbonyl (C=O) groups excluding carboxylic acids is 1. The highest BCUT2D eigenvalue weighted by molar-refractivity contribution is 5.89. The number of nitrogens with zero attached hydrogens (tertiary/aromatic N) is 1. The lowest BCUT2D eigenvalue weighted by molar-refractivity contribution is 0.0458. The summed E-state index contributed by atoms with van der Waals surface area (Å²) in [5, 5.41) is 0. The van der Waals surface area contributed by atoms with Gasteiger partial charge >= 0.3 is 5.97 Å². The maximum Gasteiger partial charge on any atom is 0.342 e. The van der Waals surface area contributed by atoms with Crippen LogP contribution in [0.25, 0.3) is 0 Å². The van der Waals surface area contributed by atoms with E-state index in [4.69, 9.17) is 4.74 Å². The normalized spacial score (nSPS) is 15.6. The number of hydrogen-bond donors (Lipinski definition) is 0. The molecule has 1 saturated carbocycles. The zero-order valence-corrected chi connectivity index (χ0v) is 8.99. The number of carbonyl (C=O) groups is 1. The third kappa shape index (κ3) is 2.56. The highest BCUT2D eigenvalue weighted by atomic mass is 19.1. The van der Waals surface area contributed by atoms with E-state index >= 15 is 0 Å². The van der Waals surface area contributed by atoms with Crippen LogP contribution in [0.15, 0.2) is 18.3 Å². The van der Waals surface area contributed by atoms with Crippen LogP contribution in [0.5, 0.6) is 0 Å². The summed E-state index contributed by atoms with van der Waals surface area (Å²) in [5.74, 6) is -0.701. The van der Waals surface area contributed by atoms with Gasteiger partial charge in [0.2, 0.25) is 5.95 Å². The highest BCUT2D eigenvalue weighted by Crippen LogP contribution is 2.29. The fourth-order valence-corrected chi connectivity index (χ4v) is 1.72. The Labute approximate surface area is 93.6 Å². The minimum absolute atomic E-state index is 0.0869. The van der Waals surface area contributed by atoms with E-state index in [2.05, 4.69) is 4.98 Å². The first-order valence-electron chi connectivity index (χ1n) is 5.55. The molecule has 1 fully saturated rings. The summed E-state index contributed by atoms with van der Waals surface area (Å²) in [6.45, 7) is 0.373. The molecule has 2 rings (SSSR count). The Hall–Kier alpha value is -1.45. The fraction of sp³-hybridized carbons (Fsp3) is 0.500. The van der Waals surface area contributed by atoms with Crippen LogP contribution < -0.4 is 0 Å². The van der Waals surface area contributed by atoms with Gasteiger partial charge in [0.05, 0.1) is 6.61 Å². The minimum Gasteiger partial charge on any atom is -0.462 e. The third-order valence-corrected chi connectivity index (χ3v) is 2.96. The molecule has 0 aliphatic heterocycles. The molecule has 86 valence electrons. The molecule has 0 atom stereocenters. The van der Waals surface area contributed by atoms with Crippen molar-refractivity contribution in [3.05, 3.63) is 29.8 Å². The van der Waals surface area contributed by atoms with Crippen molar-refractivity contribution in [2.75, 3.05) is 6.61 Å². The maximum absolute atomic E-state index is 13.1. The Kier molecular flexibility index (Phi) is 3.49. The molecule has 0 amide bonds. The van der Waals surface area contributed by atoms with Crippen molar-refractivity contribution in [1.29, 1.82) is 0 Å². The average molecular weight is 223 g/mol. The quantitative estimate of drug-likeness (QED) is 0.581. The largest absolute Gasteiger partial charge is 0.462 e. The average Bonchev–Trinajstić information content (AvgIpc) is 2.22. The van der Waals surface area contributed by atoms with Gasteiger partial charge in [-0.15, -0.1) is 0 Å². The van der Waals surface area contributed by atoms with Crippen molar-refractivity contribution >= 4 is 5.97 Å². The molecule has 1 aromatic heterocycles. The molecule has 1 aromatic rings. The molecule has 0 bridgehead atoms. The van der Waals surface area contributed by atoms with E-state index in [9.17, 15) is 9.18 Å². The molecule has 1 aliphatic rings. The van der Waals surface area contributed by atoms with Gasteiger partial charge in [-0.2, -0.15) is 4.39 Å². The number of halogens is 1. The van der Waals surface area contributed by atoms with E-state index < -0.39 is 11.9 Å². The number of esters is 1. The first kappa shape index (κ1) is 11.0. The van der Waals surface area contributed by atoms with Crippen LogP contribution in [0.3, 0.4) is 0 Å². The number of hydrogen-bond acceptors (Lipinski definition) is 3. The molecule has 0 N–H and O–H groups in total. The molecule has 1 aliphatic carbocycles. The second-order valence-corrected chi connectivity index (χ2v) is 4.06. The maximum atomic E-state index is 13.1. The van der Waals surface area contributed by atoms with Crippen molar-refractivity contribution in [3.63, 3.8) is 0 Å². The second-order valence-electron chi connectivity index (χ2n) is 4.06. The van der Waals surface area contributed by atoms with Crippen LogP contribution in [0, 0.1) is 11.9 Å². The summed E-state index contributed by atoms with van der Waals surface area (Å²) in [4.78, 5) is 14.9. The van der Waals surface area contributed by atoms with E-state index in [1.807, 2.05) is 0 Å². The summed E-state index contributed by atoms with van der Waals surface area (Å²) < 4.78 is 18.1. The van der Waals surface area contributed by atoms with Crippen LogP contribution >= 0.6 is 0 Å². The number of aromatic nitrogens is 1. The van der Waals surface area contributed by atoms with Crippen molar-refractivity contribution < 1.29 is 13.9 Å². The summed E-state index contributed by atoms with van der Waals surface area (Å²) in [5.41, 5.74) is -0.0869. The van der Waals surface area contributed by atoms with E-state index in [-0.39, 0.29) is 5.56 Å². The summed E-state index contributed by atoms with van der Waals surface area (Å²) in [6.07, 6.45) is 5.90. The lowest BCUT2D eigenvalue weighted by Crippen LogP contribution is -2.16. The zero-order valence-electron chi connectivity index (χ0n) is 8.99. The topological polar surface area (TPSA) is 39.2 Å². The summed E-state index contributed by atoms with van der Waals surface area (Å²) >= 11 is 0. The first-order valence-corrected chi connectivity index (χ1v) is 5.55. The SMILES string of the molecule is O=C(OCCC1CCC1)c1cccnc1F. The highest BCUT2D eigenvalue weighted by Gasteiger charge is 2.18. The van der Waals surface area contributed by atoms with Gasteiger partial charge in [0.25, 0.3) is 0 Å². The van der Waals surface area contributed by atoms with Gasteiger partial charge in [-0.05, 0) is 24.5 Å². The number of pyridine rings is 1. The van der Waals surface area contributed by atoms with Crippen molar-refractivity contribution in [1.82, 2.24) is 4.98 Å². The Bertz CT molecular complexity index is 377. The van der Waals surface area contributed by atoms with E-state index in [0.717, 1.165) is 6.42 Å². The Morgan fingerprint density at radius 3 is 3.00 bits per heavy atom. The van der Waals surface area contributed by atoms with Crippen LogP contribution in [-0.4, -0.2) is 17.6 Å². The molecular formula is C12H14FNO2. The summed E-state index contributed by atoms with van der Waals surface area (Å²) in [6, 6.07) is 2.90. The van der Waals surface area contributed by atoms with E-state index in [1.54, 1.807) is 0 Å². The third-order valence-electron chi connectivity index (χ3n) is 2.96. The molecule has 3 nitrogen and oxygen atoms in total. The summed E-state index contributed by atoms with van der Waals surface area (Å²) in [7, 11) is 0. The van der Waals surface area contributed by atoms with Crippen molar-refractivity contribution in [3.8, 4) is 0 Å². The molecule has 0 radical (unpaired) electrons. The smallest absolute Gasteiger partial charge is 0.342 e. The monoisotopic (exact) mass is 223 g/mol. The lowest BCUT2D eigenvalue weighted by atomic mass is 9.83. The van der Waals surface area contributed by atoms with Crippen molar-refractivity contribution in [2.24, 2.45) is 5.92 Å². The second kappa shape index (κ2) is 5.05. The fourth-order valence-electron chi connectivity index (χ4n) is 1.72. The van der Waals surface area contributed by atoms with Gasteiger partial charge in [0, 0.05) is 6.20 Å². The predicted octanol–water partition coefficient (Wildman–Crippen LogP) is 2.57. The molecule has 4 heteroatoms. The molecule has 1 heterocycles. The van der Waals surface area contributed by atoms with E-state index in [1.165, 1.54) is 37.6 Å². The van der Waals surface area contributed by atoms with Gasteiger partial charge in [-0.1, -0.05) is 19.3 Å². The Balaban J connectivity index is 1.81. The number of rotatable bonds is 4. The van der Waals surface area contributed by atoms with Gasteiger partial charge < -0.3 is 4.74 Å². The minimum atomic E-state index is -0.767. The lowest BCUT2D eigenvalue weighted by Gasteiger charge is -2.24.